The summed E-state index contributed by atoms with van der Waals surface area (Å²) in [6.45, 7) is 0.259. The van der Waals surface area contributed by atoms with Gasteiger partial charge in [-0.2, -0.15) is 0 Å². The normalized spacial score (nSPS) is 10.6. The molecule has 0 fully saturated rings. The molecule has 0 aliphatic carbocycles. The maximum Gasteiger partial charge on any atom is 0.251 e. The van der Waals surface area contributed by atoms with Crippen LogP contribution in [0.5, 0.6) is 0 Å². The van der Waals surface area contributed by atoms with Crippen molar-refractivity contribution in [1.29, 1.82) is 0 Å². The lowest BCUT2D eigenvalue weighted by molar-refractivity contribution is 0.181. The zero-order chi connectivity index (χ0) is 13.1. The first-order chi connectivity index (χ1) is 8.61. The van der Waals surface area contributed by atoms with Crippen molar-refractivity contribution >= 4 is 23.2 Å². The lowest BCUT2D eigenvalue weighted by Crippen LogP contribution is -2.11. The van der Waals surface area contributed by atoms with E-state index >= 15 is 0 Å². The molecule has 0 unspecified atom stereocenters. The number of nitrogens with zero attached hydrogens (tertiary/aromatic N) is 1. The number of methoxy groups -OCH3 is 1. The van der Waals surface area contributed by atoms with E-state index in [1.54, 1.807) is 18.2 Å². The smallest absolute Gasteiger partial charge is 0.251 e. The van der Waals surface area contributed by atoms with E-state index in [4.69, 9.17) is 27.9 Å². The molecular formula is C12H10Cl2N2O2. The highest BCUT2D eigenvalue weighted by atomic mass is 35.5. The van der Waals surface area contributed by atoms with Crippen molar-refractivity contribution in [1.82, 2.24) is 9.97 Å². The summed E-state index contributed by atoms with van der Waals surface area (Å²) in [6.07, 6.45) is 0. The average molecular weight is 285 g/mol. The Labute approximate surface area is 114 Å². The van der Waals surface area contributed by atoms with E-state index in [0.29, 0.717) is 27.1 Å². The van der Waals surface area contributed by atoms with Gasteiger partial charge in [-0.15, -0.1) is 0 Å². The van der Waals surface area contributed by atoms with Crippen LogP contribution in [0.15, 0.2) is 29.1 Å². The van der Waals surface area contributed by atoms with Crippen LogP contribution in [0.2, 0.25) is 10.0 Å². The van der Waals surface area contributed by atoms with Crippen molar-refractivity contribution in [3.8, 4) is 11.4 Å². The first-order valence-corrected chi connectivity index (χ1v) is 5.91. The summed E-state index contributed by atoms with van der Waals surface area (Å²) in [5.41, 5.74) is 0.856. The highest BCUT2D eigenvalue weighted by molar-refractivity contribution is 6.43. The third-order valence-electron chi connectivity index (χ3n) is 2.29. The van der Waals surface area contributed by atoms with Gasteiger partial charge in [0.15, 0.2) is 0 Å². The molecule has 1 N–H and O–H groups in total. The van der Waals surface area contributed by atoms with Gasteiger partial charge in [-0.1, -0.05) is 29.3 Å². The zero-order valence-electron chi connectivity index (χ0n) is 9.54. The van der Waals surface area contributed by atoms with E-state index in [2.05, 4.69) is 9.97 Å². The molecule has 1 aromatic heterocycles. The van der Waals surface area contributed by atoms with Gasteiger partial charge in [0, 0.05) is 18.7 Å². The average Bonchev–Trinajstić information content (AvgIpc) is 2.32. The summed E-state index contributed by atoms with van der Waals surface area (Å²) in [5.74, 6) is 0.377. The number of halogens is 2. The monoisotopic (exact) mass is 284 g/mol. The number of aromatic nitrogens is 2. The quantitative estimate of drug-likeness (QED) is 0.943. The van der Waals surface area contributed by atoms with E-state index in [1.807, 2.05) is 0 Å². The van der Waals surface area contributed by atoms with Gasteiger partial charge in [-0.05, 0) is 12.1 Å². The Balaban J connectivity index is 2.56. The third-order valence-corrected chi connectivity index (χ3v) is 3.11. The van der Waals surface area contributed by atoms with Crippen molar-refractivity contribution in [2.45, 2.75) is 6.61 Å². The van der Waals surface area contributed by atoms with Crippen molar-refractivity contribution in [2.24, 2.45) is 0 Å². The van der Waals surface area contributed by atoms with Crippen molar-refractivity contribution in [3.63, 3.8) is 0 Å². The molecule has 2 rings (SSSR count). The Hall–Kier alpha value is -1.36. The highest BCUT2D eigenvalue weighted by Crippen LogP contribution is 2.31. The minimum atomic E-state index is -0.261. The number of H-pyrrole nitrogens is 1. The molecule has 0 bridgehead atoms. The van der Waals surface area contributed by atoms with Gasteiger partial charge in [0.05, 0.1) is 22.3 Å². The van der Waals surface area contributed by atoms with Crippen LogP contribution in [-0.4, -0.2) is 17.1 Å². The topological polar surface area (TPSA) is 55.0 Å². The summed E-state index contributed by atoms with van der Waals surface area (Å²) >= 11 is 12.0. The molecule has 18 heavy (non-hydrogen) atoms. The van der Waals surface area contributed by atoms with Gasteiger partial charge in [-0.3, -0.25) is 4.79 Å². The summed E-state index contributed by atoms with van der Waals surface area (Å²) in [5, 5.41) is 0.769. The van der Waals surface area contributed by atoms with Crippen molar-refractivity contribution < 1.29 is 4.74 Å². The maximum atomic E-state index is 11.5. The number of hydrogen-bond acceptors (Lipinski definition) is 3. The molecule has 0 amide bonds. The van der Waals surface area contributed by atoms with Crippen molar-refractivity contribution in [2.75, 3.05) is 7.11 Å². The first kappa shape index (κ1) is 13.1. The largest absolute Gasteiger partial charge is 0.378 e. The second-order valence-electron chi connectivity index (χ2n) is 3.62. The predicted octanol–water partition coefficient (Wildman–Crippen LogP) is 2.89. The van der Waals surface area contributed by atoms with Crippen molar-refractivity contribution in [3.05, 3.63) is 50.4 Å². The molecule has 0 radical (unpaired) electrons. The molecule has 0 saturated heterocycles. The Kier molecular flexibility index (Phi) is 4.01. The summed E-state index contributed by atoms with van der Waals surface area (Å²) in [6, 6.07) is 6.53. The lowest BCUT2D eigenvalue weighted by atomic mass is 10.2. The number of hydrogen-bond donors (Lipinski definition) is 1. The molecule has 0 aliphatic rings. The van der Waals surface area contributed by atoms with Crippen LogP contribution in [0.4, 0.5) is 0 Å². The van der Waals surface area contributed by atoms with E-state index in [9.17, 15) is 4.79 Å². The number of nitrogens with one attached hydrogen (secondary N) is 1. The molecule has 0 atom stereocenters. The van der Waals surface area contributed by atoms with Crippen LogP contribution >= 0.6 is 23.2 Å². The van der Waals surface area contributed by atoms with Crippen LogP contribution < -0.4 is 5.56 Å². The van der Waals surface area contributed by atoms with Crippen LogP contribution in [0, 0.1) is 0 Å². The van der Waals surface area contributed by atoms with E-state index in [-0.39, 0.29) is 12.2 Å². The summed E-state index contributed by atoms with van der Waals surface area (Å²) < 4.78 is 4.95. The molecule has 6 heteroatoms. The first-order valence-electron chi connectivity index (χ1n) is 5.15. The molecule has 1 aromatic carbocycles. The molecule has 1 heterocycles. The van der Waals surface area contributed by atoms with Gasteiger partial charge in [-0.25, -0.2) is 4.98 Å². The minimum Gasteiger partial charge on any atom is -0.378 e. The number of rotatable bonds is 3. The van der Waals surface area contributed by atoms with Crippen LogP contribution in [-0.2, 0) is 11.3 Å². The van der Waals surface area contributed by atoms with Gasteiger partial charge >= 0.3 is 0 Å². The fourth-order valence-corrected chi connectivity index (χ4v) is 1.93. The highest BCUT2D eigenvalue weighted by Gasteiger charge is 2.10. The number of benzene rings is 1. The molecule has 94 valence electrons. The van der Waals surface area contributed by atoms with Gasteiger partial charge < -0.3 is 9.72 Å². The van der Waals surface area contributed by atoms with Gasteiger partial charge in [0.1, 0.15) is 5.82 Å². The van der Waals surface area contributed by atoms with Gasteiger partial charge in [0.2, 0.25) is 0 Å². The van der Waals surface area contributed by atoms with E-state index in [0.717, 1.165) is 0 Å². The summed E-state index contributed by atoms with van der Waals surface area (Å²) in [4.78, 5) is 18.4. The zero-order valence-corrected chi connectivity index (χ0v) is 11.0. The standard InChI is InChI=1S/C12H10Cl2N2O2/c1-18-6-7-5-10(17)16-12(15-7)8-3-2-4-9(13)11(8)14/h2-5H,6H2,1H3,(H,15,16,17). The molecule has 0 spiro atoms. The number of aromatic amines is 1. The fraction of sp³-hybridized carbons (Fsp3) is 0.167. The third kappa shape index (κ3) is 2.72. The minimum absolute atomic E-state index is 0.259. The van der Waals surface area contributed by atoms with E-state index in [1.165, 1.54) is 13.2 Å². The van der Waals surface area contributed by atoms with Crippen LogP contribution in [0.25, 0.3) is 11.4 Å². The van der Waals surface area contributed by atoms with Crippen LogP contribution in [0.1, 0.15) is 5.69 Å². The van der Waals surface area contributed by atoms with E-state index < -0.39 is 0 Å². The SMILES string of the molecule is COCc1cc(=O)[nH]c(-c2cccc(Cl)c2Cl)n1. The maximum absolute atomic E-state index is 11.5. The van der Waals surface area contributed by atoms with Crippen LogP contribution in [0.3, 0.4) is 0 Å². The second-order valence-corrected chi connectivity index (χ2v) is 4.40. The fourth-order valence-electron chi connectivity index (χ4n) is 1.54. The molecular weight excluding hydrogens is 275 g/mol. The second kappa shape index (κ2) is 5.52. The molecule has 4 nitrogen and oxygen atoms in total. The Morgan fingerprint density at radius 2 is 2.17 bits per heavy atom. The molecule has 0 saturated carbocycles. The Morgan fingerprint density at radius 1 is 1.39 bits per heavy atom. The Bertz CT molecular complexity index is 626. The van der Waals surface area contributed by atoms with Gasteiger partial charge in [0.25, 0.3) is 5.56 Å². The summed E-state index contributed by atoms with van der Waals surface area (Å²) in [7, 11) is 1.54. The molecule has 0 aliphatic heterocycles. The predicted molar refractivity (Wildman–Crippen MR) is 71.0 cm³/mol. The lowest BCUT2D eigenvalue weighted by Gasteiger charge is -2.06. The number of ether oxygens (including phenoxy) is 1. The Morgan fingerprint density at radius 3 is 2.89 bits per heavy atom. The molecule has 2 aromatic rings.